The molecule has 0 bridgehead atoms. The number of epoxide rings is 1. The van der Waals surface area contributed by atoms with Crippen LogP contribution in [-0.2, 0) is 23.9 Å². The Morgan fingerprint density at radius 1 is 0.667 bits per heavy atom. The first-order valence-corrected chi connectivity index (χ1v) is 3.37. The molecule has 0 spiro atoms. The second-order valence-electron chi connectivity index (χ2n) is 2.69. The van der Waals surface area contributed by atoms with Crippen LogP contribution in [0.25, 0.3) is 0 Å². The lowest BCUT2D eigenvalue weighted by Crippen LogP contribution is -2.49. The minimum Gasteiger partial charge on any atom is -0.479 e. The number of carboxylic acids is 4. The third-order valence-electron chi connectivity index (χ3n) is 1.97. The van der Waals surface area contributed by atoms with Gasteiger partial charge in [-0.15, -0.1) is 0 Å². The van der Waals surface area contributed by atoms with Gasteiger partial charge in [0.05, 0.1) is 0 Å². The zero-order valence-electron chi connectivity index (χ0n) is 6.83. The van der Waals surface area contributed by atoms with Gasteiger partial charge in [-0.1, -0.05) is 0 Å². The summed E-state index contributed by atoms with van der Waals surface area (Å²) in [6.07, 6.45) is 0. The topological polar surface area (TPSA) is 162 Å². The summed E-state index contributed by atoms with van der Waals surface area (Å²) in [7, 11) is 0. The fourth-order valence-electron chi connectivity index (χ4n) is 1.16. The maximum atomic E-state index is 10.5. The van der Waals surface area contributed by atoms with Crippen molar-refractivity contribution < 1.29 is 44.3 Å². The summed E-state index contributed by atoms with van der Waals surface area (Å²) >= 11 is 0. The van der Waals surface area contributed by atoms with E-state index in [9.17, 15) is 19.2 Å². The molecule has 0 aromatic rings. The van der Waals surface area contributed by atoms with Gasteiger partial charge in [-0.2, -0.15) is 0 Å². The van der Waals surface area contributed by atoms with Crippen molar-refractivity contribution in [1.82, 2.24) is 0 Å². The van der Waals surface area contributed by atoms with Gasteiger partial charge in [0, 0.05) is 0 Å². The number of rotatable bonds is 4. The Morgan fingerprint density at radius 2 is 0.867 bits per heavy atom. The van der Waals surface area contributed by atoms with Crippen molar-refractivity contribution in [2.24, 2.45) is 0 Å². The third kappa shape index (κ3) is 0.944. The lowest BCUT2D eigenvalue weighted by Gasteiger charge is -2.04. The van der Waals surface area contributed by atoms with Crippen LogP contribution in [0.2, 0.25) is 0 Å². The first-order chi connectivity index (χ1) is 6.73. The third-order valence-corrected chi connectivity index (χ3v) is 1.97. The smallest absolute Gasteiger partial charge is 0.352 e. The average molecular weight is 220 g/mol. The van der Waals surface area contributed by atoms with Gasteiger partial charge in [0.1, 0.15) is 0 Å². The predicted molar refractivity (Wildman–Crippen MR) is 37.1 cm³/mol. The molecule has 1 saturated heterocycles. The van der Waals surface area contributed by atoms with E-state index < -0.39 is 35.1 Å². The number of hydrogen-bond donors (Lipinski definition) is 4. The Kier molecular flexibility index (Phi) is 1.94. The van der Waals surface area contributed by atoms with Crippen LogP contribution in [0, 0.1) is 0 Å². The molecule has 0 atom stereocenters. The van der Waals surface area contributed by atoms with E-state index in [1.54, 1.807) is 0 Å². The number of aliphatic carboxylic acids is 4. The lowest BCUT2D eigenvalue weighted by atomic mass is 9.93. The van der Waals surface area contributed by atoms with Crippen molar-refractivity contribution in [1.29, 1.82) is 0 Å². The summed E-state index contributed by atoms with van der Waals surface area (Å²) in [6.45, 7) is 0. The second kappa shape index (κ2) is 2.67. The van der Waals surface area contributed by atoms with Crippen LogP contribution in [0.1, 0.15) is 0 Å². The van der Waals surface area contributed by atoms with Gasteiger partial charge in [-0.05, 0) is 0 Å². The van der Waals surface area contributed by atoms with Crippen LogP contribution in [0.4, 0.5) is 0 Å². The molecule has 1 fully saturated rings. The molecule has 15 heavy (non-hydrogen) atoms. The monoisotopic (exact) mass is 220 g/mol. The van der Waals surface area contributed by atoms with E-state index >= 15 is 0 Å². The van der Waals surface area contributed by atoms with Crippen LogP contribution in [0.15, 0.2) is 0 Å². The quantitative estimate of drug-likeness (QED) is 0.305. The average Bonchev–Trinajstić information content (AvgIpc) is 2.74. The SMILES string of the molecule is O=C(O)C1(C(=O)O)OC1(C(=O)O)C(=O)O. The molecule has 0 aliphatic carbocycles. The van der Waals surface area contributed by atoms with Crippen LogP contribution >= 0.6 is 0 Å². The van der Waals surface area contributed by atoms with Gasteiger partial charge >= 0.3 is 35.1 Å². The van der Waals surface area contributed by atoms with E-state index in [0.29, 0.717) is 0 Å². The molecule has 1 aliphatic rings. The Bertz CT molecular complexity index is 316. The highest BCUT2D eigenvalue weighted by atomic mass is 16.7. The van der Waals surface area contributed by atoms with E-state index in [1.807, 2.05) is 0 Å². The van der Waals surface area contributed by atoms with Crippen molar-refractivity contribution in [3.8, 4) is 0 Å². The zero-order valence-corrected chi connectivity index (χ0v) is 6.83. The fraction of sp³-hybridized carbons (Fsp3) is 0.333. The van der Waals surface area contributed by atoms with Gasteiger partial charge in [-0.25, -0.2) is 19.2 Å². The van der Waals surface area contributed by atoms with Crippen molar-refractivity contribution in [3.63, 3.8) is 0 Å². The largest absolute Gasteiger partial charge is 0.479 e. The van der Waals surface area contributed by atoms with Crippen molar-refractivity contribution in [2.45, 2.75) is 11.2 Å². The van der Waals surface area contributed by atoms with Gasteiger partial charge < -0.3 is 25.2 Å². The summed E-state index contributed by atoms with van der Waals surface area (Å²) in [5.41, 5.74) is -6.52. The number of carboxylic acid groups (broad SMARTS) is 4. The molecule has 82 valence electrons. The number of carbonyl (C=O) groups is 4. The molecular formula is C6H4O9. The maximum absolute atomic E-state index is 10.5. The summed E-state index contributed by atoms with van der Waals surface area (Å²) in [5, 5.41) is 33.9. The summed E-state index contributed by atoms with van der Waals surface area (Å²) in [4.78, 5) is 42.1. The summed E-state index contributed by atoms with van der Waals surface area (Å²) in [6, 6.07) is 0. The minimum atomic E-state index is -3.26. The van der Waals surface area contributed by atoms with Crippen molar-refractivity contribution >= 4 is 23.9 Å². The van der Waals surface area contributed by atoms with E-state index in [1.165, 1.54) is 0 Å². The molecule has 0 radical (unpaired) electrons. The van der Waals surface area contributed by atoms with Gasteiger partial charge in [0.2, 0.25) is 0 Å². The molecule has 0 aromatic heterocycles. The lowest BCUT2D eigenvalue weighted by molar-refractivity contribution is -0.162. The molecule has 0 amide bonds. The maximum Gasteiger partial charge on any atom is 0.352 e. The summed E-state index contributed by atoms with van der Waals surface area (Å²) in [5.74, 6) is -8.72. The second-order valence-corrected chi connectivity index (χ2v) is 2.69. The first-order valence-electron chi connectivity index (χ1n) is 3.37. The van der Waals surface area contributed by atoms with Crippen LogP contribution in [-0.4, -0.2) is 55.5 Å². The molecule has 9 nitrogen and oxygen atoms in total. The standard InChI is InChI=1S/C6H4O9/c7-1(8)5(2(9)10)6(15-5,3(11)12)4(13)14/h(H,7,8)(H,9,10)(H,11,12)(H,13,14). The zero-order chi connectivity index (χ0) is 12.0. The van der Waals surface area contributed by atoms with Crippen molar-refractivity contribution in [2.75, 3.05) is 0 Å². The highest BCUT2D eigenvalue weighted by molar-refractivity contribution is 6.23. The fourth-order valence-corrected chi connectivity index (χ4v) is 1.16. The molecule has 9 heteroatoms. The Morgan fingerprint density at radius 3 is 0.933 bits per heavy atom. The molecule has 0 aromatic carbocycles. The molecule has 1 rings (SSSR count). The van der Waals surface area contributed by atoms with E-state index in [2.05, 4.69) is 4.74 Å². The van der Waals surface area contributed by atoms with Crippen LogP contribution in [0.3, 0.4) is 0 Å². The molecule has 1 aliphatic heterocycles. The Labute approximate surface area is 80.5 Å². The molecule has 4 N–H and O–H groups in total. The highest BCUT2D eigenvalue weighted by Crippen LogP contribution is 2.49. The predicted octanol–water partition coefficient (Wildman–Crippen LogP) is -2.17. The Hall–Kier alpha value is -2.16. The normalized spacial score (nSPS) is 20.3. The molecule has 0 unspecified atom stereocenters. The van der Waals surface area contributed by atoms with E-state index in [0.717, 1.165) is 0 Å². The highest BCUT2D eigenvalue weighted by Gasteiger charge is 2.90. The molecule has 1 heterocycles. The van der Waals surface area contributed by atoms with Gasteiger partial charge in [-0.3, -0.25) is 0 Å². The number of hydrogen-bond acceptors (Lipinski definition) is 5. The van der Waals surface area contributed by atoms with Crippen LogP contribution < -0.4 is 0 Å². The number of ether oxygens (including phenoxy) is 1. The molecule has 0 saturated carbocycles. The van der Waals surface area contributed by atoms with E-state index in [4.69, 9.17) is 20.4 Å². The van der Waals surface area contributed by atoms with Crippen molar-refractivity contribution in [3.05, 3.63) is 0 Å². The van der Waals surface area contributed by atoms with Gasteiger partial charge in [0.15, 0.2) is 0 Å². The first kappa shape index (κ1) is 10.9. The molecular weight excluding hydrogens is 216 g/mol. The van der Waals surface area contributed by atoms with Crippen LogP contribution in [0.5, 0.6) is 0 Å². The van der Waals surface area contributed by atoms with Gasteiger partial charge in [0.25, 0.3) is 0 Å². The summed E-state index contributed by atoms with van der Waals surface area (Å²) < 4.78 is 3.94. The van der Waals surface area contributed by atoms with E-state index in [-0.39, 0.29) is 0 Å². The Balaban J connectivity index is 3.32. The minimum absolute atomic E-state index is 2.18.